The molecule has 2 aromatic rings. The Kier molecular flexibility index (Phi) is 7.68. The van der Waals surface area contributed by atoms with E-state index >= 15 is 0 Å². The molecule has 5 nitrogen and oxygen atoms in total. The molecule has 0 spiro atoms. The fraction of sp³-hybridized carbons (Fsp3) is 0.417. The smallest absolute Gasteiger partial charge is 0.260 e. The van der Waals surface area contributed by atoms with Crippen molar-refractivity contribution >= 4 is 11.8 Å². The van der Waals surface area contributed by atoms with E-state index in [0.29, 0.717) is 19.5 Å². The van der Waals surface area contributed by atoms with Crippen molar-refractivity contribution in [3.8, 4) is 5.75 Å². The molecule has 0 atom stereocenters. The number of amides is 2. The summed E-state index contributed by atoms with van der Waals surface area (Å²) < 4.78 is 5.75. The van der Waals surface area contributed by atoms with Crippen molar-refractivity contribution in [1.82, 2.24) is 10.2 Å². The van der Waals surface area contributed by atoms with Crippen molar-refractivity contribution in [2.24, 2.45) is 0 Å². The standard InChI is InChI=1S/C24H30N2O3/c1-2-20-10-6-7-11-22(20)29-18-24(28)26-16-14-21(15-17-26)25-23(27)13-12-19-8-4-3-5-9-19/h3-11,21H,2,12-18H2,1H3,(H,25,27). The molecule has 5 heteroatoms. The summed E-state index contributed by atoms with van der Waals surface area (Å²) in [5, 5.41) is 3.11. The molecule has 0 radical (unpaired) electrons. The zero-order valence-corrected chi connectivity index (χ0v) is 17.1. The minimum Gasteiger partial charge on any atom is -0.483 e. The maximum absolute atomic E-state index is 12.5. The summed E-state index contributed by atoms with van der Waals surface area (Å²) in [7, 11) is 0. The molecule has 1 N–H and O–H groups in total. The van der Waals surface area contributed by atoms with Crippen LogP contribution in [0.3, 0.4) is 0 Å². The largest absolute Gasteiger partial charge is 0.483 e. The van der Waals surface area contributed by atoms with Gasteiger partial charge in [-0.25, -0.2) is 0 Å². The van der Waals surface area contributed by atoms with E-state index in [4.69, 9.17) is 4.74 Å². The van der Waals surface area contributed by atoms with Gasteiger partial charge in [-0.3, -0.25) is 9.59 Å². The van der Waals surface area contributed by atoms with Gasteiger partial charge < -0.3 is 15.0 Å². The number of benzene rings is 2. The molecule has 2 aromatic carbocycles. The van der Waals surface area contributed by atoms with Crippen LogP contribution in [0, 0.1) is 0 Å². The number of nitrogens with one attached hydrogen (secondary N) is 1. The molecule has 0 unspecified atom stereocenters. The van der Waals surface area contributed by atoms with Crippen molar-refractivity contribution in [3.05, 3.63) is 65.7 Å². The highest BCUT2D eigenvalue weighted by Gasteiger charge is 2.24. The Labute approximate surface area is 173 Å². The van der Waals surface area contributed by atoms with Crippen molar-refractivity contribution in [1.29, 1.82) is 0 Å². The van der Waals surface area contributed by atoms with E-state index in [1.54, 1.807) is 0 Å². The van der Waals surface area contributed by atoms with Crippen LogP contribution >= 0.6 is 0 Å². The first-order chi connectivity index (χ1) is 14.2. The SMILES string of the molecule is CCc1ccccc1OCC(=O)N1CCC(NC(=O)CCc2ccccc2)CC1. The zero-order chi connectivity index (χ0) is 20.5. The summed E-state index contributed by atoms with van der Waals surface area (Å²) in [6, 6.07) is 18.0. The molecule has 1 saturated heterocycles. The molecule has 154 valence electrons. The van der Waals surface area contributed by atoms with Gasteiger partial charge in [0, 0.05) is 25.6 Å². The van der Waals surface area contributed by atoms with E-state index in [0.717, 1.165) is 37.0 Å². The van der Waals surface area contributed by atoms with Gasteiger partial charge in [0.2, 0.25) is 5.91 Å². The number of hydrogen-bond acceptors (Lipinski definition) is 3. The number of likely N-dealkylation sites (tertiary alicyclic amines) is 1. The number of para-hydroxylation sites is 1. The first-order valence-electron chi connectivity index (χ1n) is 10.5. The van der Waals surface area contributed by atoms with Crippen LogP contribution in [0.1, 0.15) is 37.3 Å². The van der Waals surface area contributed by atoms with Crippen LogP contribution in [0.4, 0.5) is 0 Å². The Morgan fingerprint density at radius 2 is 1.72 bits per heavy atom. The number of rotatable bonds is 8. The van der Waals surface area contributed by atoms with Gasteiger partial charge in [-0.1, -0.05) is 55.5 Å². The fourth-order valence-electron chi connectivity index (χ4n) is 3.64. The molecule has 0 aliphatic carbocycles. The zero-order valence-electron chi connectivity index (χ0n) is 17.1. The summed E-state index contributed by atoms with van der Waals surface area (Å²) in [6.45, 7) is 3.44. The van der Waals surface area contributed by atoms with Gasteiger partial charge in [0.15, 0.2) is 6.61 Å². The highest BCUT2D eigenvalue weighted by atomic mass is 16.5. The molecular formula is C24H30N2O3. The van der Waals surface area contributed by atoms with Crippen LogP contribution in [0.2, 0.25) is 0 Å². The first-order valence-corrected chi connectivity index (χ1v) is 10.5. The first kappa shape index (κ1) is 20.9. The fourth-order valence-corrected chi connectivity index (χ4v) is 3.64. The highest BCUT2D eigenvalue weighted by molar-refractivity contribution is 5.78. The van der Waals surface area contributed by atoms with Crippen LogP contribution in [0.5, 0.6) is 5.75 Å². The second-order valence-corrected chi connectivity index (χ2v) is 7.46. The molecule has 1 aliphatic heterocycles. The Morgan fingerprint density at radius 3 is 2.45 bits per heavy atom. The number of carbonyl (C=O) groups excluding carboxylic acids is 2. The average molecular weight is 395 g/mol. The van der Waals surface area contributed by atoms with Gasteiger partial charge in [-0.2, -0.15) is 0 Å². The number of ether oxygens (including phenoxy) is 1. The topological polar surface area (TPSA) is 58.6 Å². The van der Waals surface area contributed by atoms with Crippen LogP contribution in [0.25, 0.3) is 0 Å². The minimum atomic E-state index is 0.00441. The van der Waals surface area contributed by atoms with Crippen molar-refractivity contribution in [2.75, 3.05) is 19.7 Å². The average Bonchev–Trinajstić information content (AvgIpc) is 2.77. The summed E-state index contributed by atoms with van der Waals surface area (Å²) in [5.74, 6) is 0.867. The maximum atomic E-state index is 12.5. The second kappa shape index (κ2) is 10.6. The van der Waals surface area contributed by atoms with Crippen molar-refractivity contribution < 1.29 is 14.3 Å². The van der Waals surface area contributed by atoms with E-state index in [2.05, 4.69) is 12.2 Å². The van der Waals surface area contributed by atoms with Crippen LogP contribution in [-0.4, -0.2) is 42.5 Å². The van der Waals surface area contributed by atoms with Gasteiger partial charge in [-0.05, 0) is 42.9 Å². The lowest BCUT2D eigenvalue weighted by Gasteiger charge is -2.32. The summed E-state index contributed by atoms with van der Waals surface area (Å²) >= 11 is 0. The Bertz CT molecular complexity index is 799. The molecule has 3 rings (SSSR count). The molecule has 0 saturated carbocycles. The second-order valence-electron chi connectivity index (χ2n) is 7.46. The molecule has 1 aliphatic rings. The van der Waals surface area contributed by atoms with Gasteiger partial charge in [0.25, 0.3) is 5.91 Å². The van der Waals surface area contributed by atoms with Gasteiger partial charge in [-0.15, -0.1) is 0 Å². The normalized spacial score (nSPS) is 14.4. The van der Waals surface area contributed by atoms with Crippen molar-refractivity contribution in [3.63, 3.8) is 0 Å². The lowest BCUT2D eigenvalue weighted by molar-refractivity contribution is -0.134. The lowest BCUT2D eigenvalue weighted by Crippen LogP contribution is -2.47. The molecule has 0 bridgehead atoms. The predicted molar refractivity (Wildman–Crippen MR) is 114 cm³/mol. The van der Waals surface area contributed by atoms with Crippen molar-refractivity contribution in [2.45, 2.75) is 45.1 Å². The Hall–Kier alpha value is -2.82. The molecule has 2 amide bonds. The summed E-state index contributed by atoms with van der Waals surface area (Å²) in [6.07, 6.45) is 3.69. The number of aryl methyl sites for hydroxylation is 2. The Balaban J connectivity index is 1.37. The molecule has 1 heterocycles. The van der Waals surface area contributed by atoms with Crippen LogP contribution < -0.4 is 10.1 Å². The number of nitrogens with zero attached hydrogens (tertiary/aromatic N) is 1. The van der Waals surface area contributed by atoms with E-state index in [1.165, 1.54) is 5.56 Å². The third kappa shape index (κ3) is 6.34. The monoisotopic (exact) mass is 394 g/mol. The quantitative estimate of drug-likeness (QED) is 0.747. The van der Waals surface area contributed by atoms with E-state index in [-0.39, 0.29) is 24.5 Å². The third-order valence-corrected chi connectivity index (χ3v) is 5.40. The van der Waals surface area contributed by atoms with Gasteiger partial charge in [0.1, 0.15) is 5.75 Å². The van der Waals surface area contributed by atoms with Gasteiger partial charge in [0.05, 0.1) is 0 Å². The van der Waals surface area contributed by atoms with E-state index < -0.39 is 0 Å². The molecule has 29 heavy (non-hydrogen) atoms. The van der Waals surface area contributed by atoms with Gasteiger partial charge >= 0.3 is 0 Å². The van der Waals surface area contributed by atoms with Crippen LogP contribution in [0.15, 0.2) is 54.6 Å². The molecular weight excluding hydrogens is 364 g/mol. The lowest BCUT2D eigenvalue weighted by atomic mass is 10.0. The van der Waals surface area contributed by atoms with E-state index in [1.807, 2.05) is 59.5 Å². The number of piperidine rings is 1. The molecule has 1 fully saturated rings. The van der Waals surface area contributed by atoms with Crippen LogP contribution in [-0.2, 0) is 22.4 Å². The highest BCUT2D eigenvalue weighted by Crippen LogP contribution is 2.19. The maximum Gasteiger partial charge on any atom is 0.260 e. The van der Waals surface area contributed by atoms with E-state index in [9.17, 15) is 9.59 Å². The summed E-state index contributed by atoms with van der Waals surface area (Å²) in [5.41, 5.74) is 2.28. The number of hydrogen-bond donors (Lipinski definition) is 1. The Morgan fingerprint density at radius 1 is 1.03 bits per heavy atom. The third-order valence-electron chi connectivity index (χ3n) is 5.40. The minimum absolute atomic E-state index is 0.00441. The number of carbonyl (C=O) groups is 2. The summed E-state index contributed by atoms with van der Waals surface area (Å²) in [4.78, 5) is 26.5. The predicted octanol–water partition coefficient (Wildman–Crippen LogP) is 3.37. The molecule has 0 aromatic heterocycles.